The minimum absolute atomic E-state index is 0.000666. The second-order valence-electron chi connectivity index (χ2n) is 7.53. The summed E-state index contributed by atoms with van der Waals surface area (Å²) in [6.07, 6.45) is 0. The molecule has 0 aromatic heterocycles. The van der Waals surface area contributed by atoms with Gasteiger partial charge in [0.2, 0.25) is 11.8 Å². The van der Waals surface area contributed by atoms with Gasteiger partial charge in [-0.15, -0.1) is 0 Å². The Bertz CT molecular complexity index is 1020. The first-order valence-electron chi connectivity index (χ1n) is 10.0. The molecule has 0 aliphatic carbocycles. The van der Waals surface area contributed by atoms with E-state index in [1.807, 2.05) is 0 Å². The van der Waals surface area contributed by atoms with E-state index in [1.165, 1.54) is 4.90 Å². The maximum Gasteiger partial charge on any atom is 0.257 e. The molecular formula is C22H23ClN4O4. The van der Waals surface area contributed by atoms with Crippen molar-refractivity contribution >= 4 is 46.4 Å². The van der Waals surface area contributed by atoms with Crippen LogP contribution in [0.2, 0.25) is 5.02 Å². The summed E-state index contributed by atoms with van der Waals surface area (Å²) < 4.78 is 5.28. The number of likely N-dealkylation sites (N-methyl/N-ethyl adjacent to an activating group) is 1. The second-order valence-corrected chi connectivity index (χ2v) is 7.96. The molecule has 31 heavy (non-hydrogen) atoms. The number of halogens is 1. The van der Waals surface area contributed by atoms with E-state index in [0.29, 0.717) is 54.0 Å². The van der Waals surface area contributed by atoms with Gasteiger partial charge in [-0.25, -0.2) is 0 Å². The Hall–Kier alpha value is -2.94. The van der Waals surface area contributed by atoms with Crippen LogP contribution in [0.3, 0.4) is 0 Å². The third-order valence-corrected chi connectivity index (χ3v) is 5.50. The molecule has 2 aliphatic rings. The fourth-order valence-corrected chi connectivity index (χ4v) is 3.93. The van der Waals surface area contributed by atoms with Crippen molar-refractivity contribution in [1.82, 2.24) is 9.80 Å². The number of amides is 3. The van der Waals surface area contributed by atoms with E-state index in [4.69, 9.17) is 16.3 Å². The predicted molar refractivity (Wildman–Crippen MR) is 118 cm³/mol. The number of fused-ring (bicyclic) bond motifs is 2. The van der Waals surface area contributed by atoms with Gasteiger partial charge in [-0.1, -0.05) is 23.7 Å². The number of ether oxygens (including phenoxy) is 1. The largest absolute Gasteiger partial charge is 0.378 e. The highest BCUT2D eigenvalue weighted by molar-refractivity contribution is 6.31. The van der Waals surface area contributed by atoms with Crippen LogP contribution in [0.4, 0.5) is 17.1 Å². The van der Waals surface area contributed by atoms with Gasteiger partial charge < -0.3 is 15.0 Å². The average Bonchev–Trinajstić information content (AvgIpc) is 2.88. The van der Waals surface area contributed by atoms with E-state index >= 15 is 0 Å². The Morgan fingerprint density at radius 3 is 2.55 bits per heavy atom. The first-order valence-corrected chi connectivity index (χ1v) is 10.4. The molecule has 4 rings (SSSR count). The molecule has 2 aromatic rings. The number of carbonyl (C=O) groups is 3. The maximum absolute atomic E-state index is 13.4. The van der Waals surface area contributed by atoms with Crippen molar-refractivity contribution in [2.75, 3.05) is 56.7 Å². The summed E-state index contributed by atoms with van der Waals surface area (Å²) in [7, 11) is 1.73. The van der Waals surface area contributed by atoms with Crippen LogP contribution in [0.25, 0.3) is 0 Å². The number of hydrogen-bond acceptors (Lipinski definition) is 5. The zero-order chi connectivity index (χ0) is 22.0. The van der Waals surface area contributed by atoms with Crippen LogP contribution < -0.4 is 10.2 Å². The molecule has 1 N–H and O–H groups in total. The zero-order valence-electron chi connectivity index (χ0n) is 17.1. The number of hydrogen-bond donors (Lipinski definition) is 1. The lowest BCUT2D eigenvalue weighted by atomic mass is 10.1. The number of nitrogens with zero attached hydrogens (tertiary/aromatic N) is 3. The molecule has 162 valence electrons. The third kappa shape index (κ3) is 4.56. The Balaban J connectivity index is 1.59. The Morgan fingerprint density at radius 2 is 1.77 bits per heavy atom. The predicted octanol–water partition coefficient (Wildman–Crippen LogP) is 2.36. The van der Waals surface area contributed by atoms with Gasteiger partial charge in [-0.3, -0.25) is 24.2 Å². The van der Waals surface area contributed by atoms with Crippen molar-refractivity contribution in [3.63, 3.8) is 0 Å². The van der Waals surface area contributed by atoms with Crippen molar-refractivity contribution in [3.8, 4) is 0 Å². The van der Waals surface area contributed by atoms with Crippen molar-refractivity contribution < 1.29 is 19.1 Å². The van der Waals surface area contributed by atoms with Gasteiger partial charge in [-0.05, 0) is 37.4 Å². The molecule has 0 spiro atoms. The van der Waals surface area contributed by atoms with Gasteiger partial charge in [0.1, 0.15) is 0 Å². The Labute approximate surface area is 185 Å². The van der Waals surface area contributed by atoms with Crippen molar-refractivity contribution in [3.05, 3.63) is 53.1 Å². The summed E-state index contributed by atoms with van der Waals surface area (Å²) in [4.78, 5) is 43.6. The number of para-hydroxylation sites is 1. The first-order chi connectivity index (χ1) is 14.9. The van der Waals surface area contributed by atoms with E-state index in [9.17, 15) is 14.4 Å². The lowest BCUT2D eigenvalue weighted by Gasteiger charge is -2.30. The van der Waals surface area contributed by atoms with E-state index in [-0.39, 0.29) is 30.8 Å². The quantitative estimate of drug-likeness (QED) is 0.786. The molecule has 3 amide bonds. The number of carbonyl (C=O) groups excluding carboxylic acids is 3. The van der Waals surface area contributed by atoms with E-state index in [2.05, 4.69) is 5.32 Å². The number of anilines is 3. The second kappa shape index (κ2) is 9.05. The maximum atomic E-state index is 13.4. The molecule has 0 atom stereocenters. The summed E-state index contributed by atoms with van der Waals surface area (Å²) in [6, 6.07) is 11.9. The van der Waals surface area contributed by atoms with Gasteiger partial charge in [0.25, 0.3) is 5.91 Å². The molecule has 8 nitrogen and oxygen atoms in total. The van der Waals surface area contributed by atoms with Crippen LogP contribution in [0.1, 0.15) is 10.4 Å². The van der Waals surface area contributed by atoms with Crippen LogP contribution in [-0.2, 0) is 14.3 Å². The topological polar surface area (TPSA) is 82.2 Å². The number of morpholine rings is 1. The smallest absolute Gasteiger partial charge is 0.257 e. The summed E-state index contributed by atoms with van der Waals surface area (Å²) in [5, 5.41) is 3.28. The SMILES string of the molecule is CN(CC(=O)N1CCOCC1)CC(=O)N1c2ccc(Cl)cc2NC(=O)c2ccccc21. The van der Waals surface area contributed by atoms with Crippen LogP contribution in [0, 0.1) is 0 Å². The molecule has 2 heterocycles. The van der Waals surface area contributed by atoms with Gasteiger partial charge in [0.15, 0.2) is 0 Å². The summed E-state index contributed by atoms with van der Waals surface area (Å²) >= 11 is 6.12. The monoisotopic (exact) mass is 442 g/mol. The molecule has 2 aliphatic heterocycles. The summed E-state index contributed by atoms with van der Waals surface area (Å²) in [5.41, 5.74) is 1.85. The first kappa shape index (κ1) is 21.3. The highest BCUT2D eigenvalue weighted by atomic mass is 35.5. The molecule has 0 bridgehead atoms. The normalized spacial score (nSPS) is 15.8. The minimum atomic E-state index is -0.315. The molecular weight excluding hydrogens is 420 g/mol. The number of nitrogens with one attached hydrogen (secondary N) is 1. The fraction of sp³-hybridized carbons (Fsp3) is 0.318. The third-order valence-electron chi connectivity index (χ3n) is 5.26. The van der Waals surface area contributed by atoms with Crippen LogP contribution >= 0.6 is 11.6 Å². The van der Waals surface area contributed by atoms with E-state index in [1.54, 1.807) is 59.3 Å². The molecule has 9 heteroatoms. The summed E-state index contributed by atoms with van der Waals surface area (Å²) in [6.45, 7) is 2.29. The molecule has 1 saturated heterocycles. The summed E-state index contributed by atoms with van der Waals surface area (Å²) in [5.74, 6) is -0.617. The minimum Gasteiger partial charge on any atom is -0.378 e. The standard InChI is InChI=1S/C22H23ClN4O4/c1-25(13-20(28)26-8-10-31-11-9-26)14-21(29)27-18-5-3-2-4-16(18)22(30)24-17-12-15(23)6-7-19(17)27/h2-7,12H,8-11,13-14H2,1H3,(H,24,30). The van der Waals surface area contributed by atoms with E-state index in [0.717, 1.165) is 0 Å². The van der Waals surface area contributed by atoms with Gasteiger partial charge >= 0.3 is 0 Å². The molecule has 1 fully saturated rings. The lowest BCUT2D eigenvalue weighted by Crippen LogP contribution is -2.46. The molecule has 0 radical (unpaired) electrons. The van der Waals surface area contributed by atoms with Crippen molar-refractivity contribution in [2.45, 2.75) is 0 Å². The zero-order valence-corrected chi connectivity index (χ0v) is 17.9. The molecule has 0 unspecified atom stereocenters. The lowest BCUT2D eigenvalue weighted by molar-refractivity contribution is -0.136. The number of benzene rings is 2. The molecule has 2 aromatic carbocycles. The van der Waals surface area contributed by atoms with Crippen molar-refractivity contribution in [2.24, 2.45) is 0 Å². The highest BCUT2D eigenvalue weighted by Gasteiger charge is 2.30. The Kier molecular flexibility index (Phi) is 6.22. The van der Waals surface area contributed by atoms with Gasteiger partial charge in [0.05, 0.1) is 48.9 Å². The van der Waals surface area contributed by atoms with Crippen LogP contribution in [-0.4, -0.2) is 74.0 Å². The van der Waals surface area contributed by atoms with Gasteiger partial charge in [-0.2, -0.15) is 0 Å². The average molecular weight is 443 g/mol. The Morgan fingerprint density at radius 1 is 1.06 bits per heavy atom. The fourth-order valence-electron chi connectivity index (χ4n) is 3.75. The van der Waals surface area contributed by atoms with Gasteiger partial charge in [0, 0.05) is 18.1 Å². The van der Waals surface area contributed by atoms with E-state index < -0.39 is 0 Å². The molecule has 0 saturated carbocycles. The van der Waals surface area contributed by atoms with Crippen LogP contribution in [0.5, 0.6) is 0 Å². The highest BCUT2D eigenvalue weighted by Crippen LogP contribution is 2.39. The van der Waals surface area contributed by atoms with Crippen molar-refractivity contribution in [1.29, 1.82) is 0 Å². The van der Waals surface area contributed by atoms with Crippen LogP contribution in [0.15, 0.2) is 42.5 Å². The number of rotatable bonds is 4.